The van der Waals surface area contributed by atoms with E-state index in [0.717, 1.165) is 15.2 Å². The number of thioether (sulfide) groups is 1. The Hall–Kier alpha value is 0.130. The molecule has 0 bridgehead atoms. The first-order chi connectivity index (χ1) is 5.57. The molecule has 1 aromatic rings. The predicted molar refractivity (Wildman–Crippen MR) is 59.9 cm³/mol. The summed E-state index contributed by atoms with van der Waals surface area (Å²) in [6.07, 6.45) is 2.03. The lowest BCUT2D eigenvalue weighted by molar-refractivity contribution is 0.774. The van der Waals surface area contributed by atoms with E-state index in [0.29, 0.717) is 5.92 Å². The fourth-order valence-corrected chi connectivity index (χ4v) is 2.90. The third-order valence-corrected chi connectivity index (χ3v) is 3.19. The fraction of sp³-hybridized carbons (Fsp3) is 0.571. The van der Waals surface area contributed by atoms with Gasteiger partial charge >= 0.3 is 0 Å². The number of nitrogens with zero attached hydrogens (tertiary/aromatic N) is 1. The van der Waals surface area contributed by atoms with Crippen LogP contribution in [0.2, 0.25) is 0 Å². The van der Waals surface area contributed by atoms with Crippen LogP contribution >= 0.6 is 36.8 Å². The molecule has 0 saturated carbocycles. The van der Waals surface area contributed by atoms with E-state index in [4.69, 9.17) is 12.2 Å². The molecule has 0 aromatic carbocycles. The van der Waals surface area contributed by atoms with E-state index in [-0.39, 0.29) is 0 Å². The molecule has 5 heteroatoms. The van der Waals surface area contributed by atoms with Gasteiger partial charge in [-0.2, -0.15) is 0 Å². The summed E-state index contributed by atoms with van der Waals surface area (Å²) in [5.74, 6) is 0.442. The fourth-order valence-electron chi connectivity index (χ4n) is 1.12. The molecule has 1 rings (SSSR count). The molecule has 0 amide bonds. The van der Waals surface area contributed by atoms with Crippen molar-refractivity contribution in [3.8, 4) is 0 Å². The van der Waals surface area contributed by atoms with Crippen molar-refractivity contribution in [2.24, 2.45) is 0 Å². The molecule has 0 radical (unpaired) electrons. The average molecular weight is 220 g/mol. The van der Waals surface area contributed by atoms with E-state index in [9.17, 15) is 0 Å². The van der Waals surface area contributed by atoms with Gasteiger partial charge in [0.25, 0.3) is 0 Å². The van der Waals surface area contributed by atoms with Crippen LogP contribution in [0.1, 0.15) is 25.5 Å². The zero-order valence-electron chi connectivity index (χ0n) is 7.29. The molecule has 0 atom stereocenters. The monoisotopic (exact) mass is 220 g/mol. The van der Waals surface area contributed by atoms with Gasteiger partial charge in [-0.3, -0.25) is 5.10 Å². The van der Waals surface area contributed by atoms with E-state index >= 15 is 0 Å². The second-order valence-electron chi connectivity index (χ2n) is 2.83. The van der Waals surface area contributed by atoms with E-state index < -0.39 is 0 Å². The van der Waals surface area contributed by atoms with Gasteiger partial charge in [0.1, 0.15) is 4.64 Å². The van der Waals surface area contributed by atoms with Crippen molar-refractivity contribution in [3.05, 3.63) is 10.3 Å². The van der Waals surface area contributed by atoms with Crippen molar-refractivity contribution < 1.29 is 0 Å². The molecule has 1 N–H and O–H groups in total. The number of aromatic nitrogens is 2. The Morgan fingerprint density at radius 2 is 2.17 bits per heavy atom. The molecule has 1 heterocycles. The Kier molecular flexibility index (Phi) is 3.31. The zero-order chi connectivity index (χ0) is 9.30. The maximum Gasteiger partial charge on any atom is 0.134 e. The summed E-state index contributed by atoms with van der Waals surface area (Å²) in [5.41, 5.74) is 1.16. The first-order valence-electron chi connectivity index (χ1n) is 3.66. The van der Waals surface area contributed by atoms with Gasteiger partial charge in [-0.1, -0.05) is 26.1 Å². The van der Waals surface area contributed by atoms with E-state index in [1.807, 2.05) is 6.26 Å². The molecule has 0 saturated heterocycles. The molecule has 0 aliphatic heterocycles. The highest BCUT2D eigenvalue weighted by Gasteiger charge is 2.12. The Morgan fingerprint density at radius 3 is 2.50 bits per heavy atom. The molecular formula is C7H12N2S3. The van der Waals surface area contributed by atoms with Gasteiger partial charge < -0.3 is 0 Å². The molecule has 0 spiro atoms. The lowest BCUT2D eigenvalue weighted by atomic mass is 10.1. The van der Waals surface area contributed by atoms with Crippen LogP contribution in [0.3, 0.4) is 0 Å². The molecule has 2 nitrogen and oxygen atoms in total. The molecular weight excluding hydrogens is 208 g/mol. The van der Waals surface area contributed by atoms with Gasteiger partial charge in [0.05, 0.1) is 10.6 Å². The quantitative estimate of drug-likeness (QED) is 0.454. The van der Waals surface area contributed by atoms with Gasteiger partial charge in [-0.15, -0.1) is 11.8 Å². The molecule has 1 aromatic heterocycles. The van der Waals surface area contributed by atoms with Crippen molar-refractivity contribution in [2.75, 3.05) is 6.26 Å². The van der Waals surface area contributed by atoms with Gasteiger partial charge in [0.2, 0.25) is 0 Å². The lowest BCUT2D eigenvalue weighted by Crippen LogP contribution is -1.95. The lowest BCUT2D eigenvalue weighted by Gasteiger charge is -2.06. The van der Waals surface area contributed by atoms with Crippen LogP contribution in [0.5, 0.6) is 0 Å². The summed E-state index contributed by atoms with van der Waals surface area (Å²) in [7, 11) is 0. The van der Waals surface area contributed by atoms with Crippen molar-refractivity contribution in [3.63, 3.8) is 0 Å². The topological polar surface area (TPSA) is 20.7 Å². The molecule has 0 aliphatic rings. The first-order valence-corrected chi connectivity index (χ1v) is 5.69. The average Bonchev–Trinajstić information content (AvgIpc) is 2.24. The van der Waals surface area contributed by atoms with Gasteiger partial charge in [-0.05, 0) is 25.0 Å². The minimum Gasteiger partial charge on any atom is -0.277 e. The molecule has 12 heavy (non-hydrogen) atoms. The summed E-state index contributed by atoms with van der Waals surface area (Å²) in [6.45, 7) is 4.26. The second kappa shape index (κ2) is 3.89. The van der Waals surface area contributed by atoms with Gasteiger partial charge in [0, 0.05) is 0 Å². The highest BCUT2D eigenvalue weighted by atomic mass is 32.2. The third kappa shape index (κ3) is 1.72. The van der Waals surface area contributed by atoms with Crippen LogP contribution < -0.4 is 0 Å². The minimum atomic E-state index is 0.442. The van der Waals surface area contributed by atoms with Crippen molar-refractivity contribution in [1.82, 2.24) is 9.19 Å². The normalized spacial score (nSPS) is 11.1. The number of H-pyrrole nitrogens is 1. The van der Waals surface area contributed by atoms with Crippen LogP contribution in [0.4, 0.5) is 0 Å². The van der Waals surface area contributed by atoms with Crippen molar-refractivity contribution >= 4 is 36.8 Å². The predicted octanol–water partition coefficient (Wildman–Crippen LogP) is 3.08. The maximum absolute atomic E-state index is 5.13. The molecule has 0 fully saturated rings. The van der Waals surface area contributed by atoms with Gasteiger partial charge in [-0.25, -0.2) is 4.09 Å². The van der Waals surface area contributed by atoms with E-state index in [1.54, 1.807) is 15.8 Å². The third-order valence-electron chi connectivity index (χ3n) is 1.63. The summed E-state index contributed by atoms with van der Waals surface area (Å²) in [5, 5.41) is 2.98. The Balaban J connectivity index is 3.33. The largest absolute Gasteiger partial charge is 0.277 e. The van der Waals surface area contributed by atoms with Crippen LogP contribution in [-0.2, 0) is 0 Å². The zero-order valence-corrected chi connectivity index (χ0v) is 9.82. The first kappa shape index (κ1) is 10.2. The SMILES string of the molecule is CSc1c(C(C)C)n(S)[nH]c1=S. The molecule has 0 aliphatic carbocycles. The Morgan fingerprint density at radius 1 is 1.58 bits per heavy atom. The highest BCUT2D eigenvalue weighted by molar-refractivity contribution is 7.99. The number of hydrogen-bond donors (Lipinski definition) is 2. The summed E-state index contributed by atoms with van der Waals surface area (Å²) < 4.78 is 2.49. The van der Waals surface area contributed by atoms with E-state index in [1.165, 1.54) is 0 Å². The molecule has 68 valence electrons. The second-order valence-corrected chi connectivity index (χ2v) is 4.45. The summed E-state index contributed by atoms with van der Waals surface area (Å²) in [4.78, 5) is 1.13. The standard InChI is InChI=1S/C7H12N2S3/c1-4(2)5-6(12-3)7(10)8-9(5)11/h4,11H,1-3H3,(H,8,10). The van der Waals surface area contributed by atoms with E-state index in [2.05, 4.69) is 31.8 Å². The number of aromatic amines is 1. The Bertz CT molecular complexity index is 324. The summed E-state index contributed by atoms with van der Waals surface area (Å²) >= 11 is 11.1. The summed E-state index contributed by atoms with van der Waals surface area (Å²) in [6, 6.07) is 0. The van der Waals surface area contributed by atoms with Crippen LogP contribution in [0.15, 0.2) is 4.90 Å². The minimum absolute atomic E-state index is 0.442. The smallest absolute Gasteiger partial charge is 0.134 e. The van der Waals surface area contributed by atoms with Crippen LogP contribution in [-0.4, -0.2) is 15.4 Å². The number of thiol groups is 1. The van der Waals surface area contributed by atoms with Crippen molar-refractivity contribution in [1.29, 1.82) is 0 Å². The highest BCUT2D eigenvalue weighted by Crippen LogP contribution is 2.28. The van der Waals surface area contributed by atoms with Gasteiger partial charge in [0.15, 0.2) is 0 Å². The maximum atomic E-state index is 5.13. The van der Waals surface area contributed by atoms with Crippen molar-refractivity contribution in [2.45, 2.75) is 24.7 Å². The molecule has 0 unspecified atom stereocenters. The van der Waals surface area contributed by atoms with Crippen LogP contribution in [0, 0.1) is 4.64 Å². The Labute approximate surface area is 87.3 Å². The number of rotatable bonds is 2. The number of hydrogen-bond acceptors (Lipinski definition) is 3. The van der Waals surface area contributed by atoms with Crippen LogP contribution in [0.25, 0.3) is 0 Å². The number of nitrogens with one attached hydrogen (secondary N) is 1.